The molecule has 25 atom stereocenters. The molecule has 29 heteroatoms. The number of ether oxygens (including phenoxy) is 13. The molecular weight excluding hydrogens is 1170 g/mol. The van der Waals surface area contributed by atoms with Crippen molar-refractivity contribution in [3.05, 3.63) is 0 Å². The van der Waals surface area contributed by atoms with Gasteiger partial charge in [0.2, 0.25) is 0 Å². The minimum atomic E-state index is -2.17. The van der Waals surface area contributed by atoms with Crippen LogP contribution in [0.3, 0.4) is 0 Å². The molecule has 29 nitrogen and oxygen atoms in total. The second-order valence-corrected chi connectivity index (χ2v) is 24.2. The zero-order valence-electron chi connectivity index (χ0n) is 51.6. The van der Waals surface area contributed by atoms with Crippen LogP contribution in [0.4, 0.5) is 0 Å². The molecule has 5 heterocycles. The fourth-order valence-electron chi connectivity index (χ4n) is 11.3. The van der Waals surface area contributed by atoms with E-state index in [1.807, 2.05) is 0 Å². The number of hydrogen-bond acceptors (Lipinski definition) is 29. The van der Waals surface area contributed by atoms with Gasteiger partial charge in [0.25, 0.3) is 0 Å². The van der Waals surface area contributed by atoms with Gasteiger partial charge in [-0.1, -0.05) is 117 Å². The largest absolute Gasteiger partial charge is 0.394 e. The molecule has 16 N–H and O–H groups in total. The van der Waals surface area contributed by atoms with E-state index in [9.17, 15) is 81.7 Å². The number of rotatable bonds is 43. The Morgan fingerprint density at radius 2 is 0.580 bits per heavy atom. The average Bonchev–Trinajstić information content (AvgIpc) is 1.32. The molecule has 0 aromatic rings. The maximum absolute atomic E-state index is 11.6. The van der Waals surface area contributed by atoms with Crippen LogP contribution in [0, 0.1) is 5.41 Å². The molecule has 5 aliphatic heterocycles. The maximum atomic E-state index is 11.6. The first kappa shape index (κ1) is 77.5. The molecule has 5 rings (SSSR count). The smallest absolute Gasteiger partial charge is 0.187 e. The minimum absolute atomic E-state index is 0.00277. The Kier molecular flexibility index (Phi) is 36.1. The molecule has 0 aromatic carbocycles. The molecule has 0 saturated carbocycles. The molecule has 0 aliphatic carbocycles. The van der Waals surface area contributed by atoms with E-state index in [4.69, 9.17) is 61.6 Å². The van der Waals surface area contributed by atoms with Gasteiger partial charge in [0, 0.05) is 19.8 Å². The van der Waals surface area contributed by atoms with E-state index in [-0.39, 0.29) is 26.4 Å². The summed E-state index contributed by atoms with van der Waals surface area (Å²) in [4.78, 5) is 0. The molecule has 10 unspecified atom stereocenters. The quantitative estimate of drug-likeness (QED) is 0.0275. The Morgan fingerprint density at radius 1 is 0.284 bits per heavy atom. The van der Waals surface area contributed by atoms with Crippen LogP contribution in [0.5, 0.6) is 0 Å². The van der Waals surface area contributed by atoms with Crippen LogP contribution < -0.4 is 0 Å². The maximum Gasteiger partial charge on any atom is 0.187 e. The lowest BCUT2D eigenvalue weighted by Crippen LogP contribution is -2.69. The highest BCUT2D eigenvalue weighted by Crippen LogP contribution is 2.39. The van der Waals surface area contributed by atoms with Crippen LogP contribution in [0.15, 0.2) is 0 Å². The molecule has 520 valence electrons. The van der Waals surface area contributed by atoms with Gasteiger partial charge < -0.3 is 143 Å². The topological polar surface area (TPSA) is 444 Å². The number of unbranched alkanes of at least 4 members (excludes halogenated alkanes) is 15. The monoisotopic (exact) mass is 1280 g/mol. The van der Waals surface area contributed by atoms with Crippen molar-refractivity contribution in [3.8, 4) is 0 Å². The summed E-state index contributed by atoms with van der Waals surface area (Å²) in [5, 5.41) is 174. The molecule has 0 radical (unpaired) electrons. The summed E-state index contributed by atoms with van der Waals surface area (Å²) < 4.78 is 81.9. The van der Waals surface area contributed by atoms with Gasteiger partial charge in [0.15, 0.2) is 31.5 Å². The predicted molar refractivity (Wildman–Crippen MR) is 305 cm³/mol. The lowest BCUT2D eigenvalue weighted by Gasteiger charge is -2.51. The van der Waals surface area contributed by atoms with Crippen LogP contribution in [0.1, 0.15) is 136 Å². The summed E-state index contributed by atoms with van der Waals surface area (Å²) in [5.74, 6) is 0. The number of aliphatic hydroxyl groups is 16. The number of aliphatic hydroxyl groups excluding tert-OH is 16. The van der Waals surface area contributed by atoms with Crippen LogP contribution in [-0.2, 0) is 61.6 Å². The zero-order chi connectivity index (χ0) is 64.3. The predicted octanol–water partition coefficient (Wildman–Crippen LogP) is -2.78. The molecule has 5 aliphatic rings. The first-order valence-electron chi connectivity index (χ1n) is 32.2. The Morgan fingerprint density at radius 3 is 0.932 bits per heavy atom. The van der Waals surface area contributed by atoms with Crippen LogP contribution in [0.2, 0.25) is 0 Å². The second-order valence-electron chi connectivity index (χ2n) is 24.2. The Bertz CT molecular complexity index is 1740. The third kappa shape index (κ3) is 22.5. The van der Waals surface area contributed by atoms with E-state index in [0.29, 0.717) is 19.8 Å². The highest BCUT2D eigenvalue weighted by Gasteiger charge is 2.58. The van der Waals surface area contributed by atoms with E-state index in [1.54, 1.807) is 0 Å². The van der Waals surface area contributed by atoms with Gasteiger partial charge >= 0.3 is 0 Å². The zero-order valence-corrected chi connectivity index (χ0v) is 51.6. The summed E-state index contributed by atoms with van der Waals surface area (Å²) in [6, 6.07) is 0. The normalized spacial score (nSPS) is 38.4. The van der Waals surface area contributed by atoms with Gasteiger partial charge in [-0.2, -0.15) is 0 Å². The standard InChI is InChI=1S/C59H110O29/c1-4-7-10-13-16-19-22-76-30-59(31-77-23-20-17-14-11-8-5-2,32-78-24-21-18-15-12-9-6-3)33-80-58-53(88-57-50(75)46(71)42(67)37(28-63)84-57)52(87-56-49(74)45(70)41(66)36(27-62)83-56)51(86-55-48(73)44(69)40(65)35(26-61)82-55)38(85-58)29-79-54-47(72)43(68)39(64)34(25-60)81-54/h34-58,60-75H,4-33H2,1-3H3/t34?,35?,36?,37?,38?,39-,40-,41-,42-,43+,44+,45+,46+,47?,48?,49?,50?,51-,52+,53?,54-,55+,56+,57+,58-/m1/s1. The lowest BCUT2D eigenvalue weighted by atomic mass is 9.91. The Balaban J connectivity index is 1.66. The molecular formula is C59H110O29. The van der Waals surface area contributed by atoms with Gasteiger partial charge in [-0.25, -0.2) is 0 Å². The van der Waals surface area contributed by atoms with Crippen LogP contribution >= 0.6 is 0 Å². The van der Waals surface area contributed by atoms with Crippen LogP contribution in [-0.4, -0.2) is 315 Å². The molecule has 0 bridgehead atoms. The van der Waals surface area contributed by atoms with Gasteiger partial charge in [-0.3, -0.25) is 0 Å². The summed E-state index contributed by atoms with van der Waals surface area (Å²) in [6.45, 7) is 2.58. The summed E-state index contributed by atoms with van der Waals surface area (Å²) in [7, 11) is 0. The van der Waals surface area contributed by atoms with Crippen molar-refractivity contribution in [2.24, 2.45) is 5.41 Å². The average molecular weight is 1280 g/mol. The first-order valence-corrected chi connectivity index (χ1v) is 32.2. The van der Waals surface area contributed by atoms with Crippen molar-refractivity contribution in [2.75, 3.05) is 79.3 Å². The molecule has 0 amide bonds. The fraction of sp³-hybridized carbons (Fsp3) is 1.00. The van der Waals surface area contributed by atoms with Gasteiger partial charge in [-0.05, 0) is 19.3 Å². The van der Waals surface area contributed by atoms with E-state index < -0.39 is 192 Å². The third-order valence-corrected chi connectivity index (χ3v) is 17.0. The van der Waals surface area contributed by atoms with Gasteiger partial charge in [-0.15, -0.1) is 0 Å². The lowest BCUT2D eigenvalue weighted by molar-refractivity contribution is -0.413. The summed E-state index contributed by atoms with van der Waals surface area (Å²) in [6.07, 6.45) is -30.5. The van der Waals surface area contributed by atoms with Crippen molar-refractivity contribution >= 4 is 0 Å². The molecule has 5 saturated heterocycles. The van der Waals surface area contributed by atoms with Crippen molar-refractivity contribution in [1.29, 1.82) is 0 Å². The Hall–Kier alpha value is -1.16. The highest BCUT2D eigenvalue weighted by molar-refractivity contribution is 5.00. The molecule has 0 spiro atoms. The van der Waals surface area contributed by atoms with Crippen molar-refractivity contribution in [3.63, 3.8) is 0 Å². The molecule has 5 fully saturated rings. The van der Waals surface area contributed by atoms with Crippen molar-refractivity contribution < 1.29 is 143 Å². The molecule has 88 heavy (non-hydrogen) atoms. The SMILES string of the molecule is CCCCCCCCOCC(COCCCCCCCC)(COCCCCCCCC)CO[C@@H]1OC(CO[C@@H]2OC(CO)[C@@H](O)[C@H](O)C2O)[C@@H](O[C@@H]2OC(CO)[C@@H](O)[C@H](O)C2O)[C@H](O[C@@H]2OC(CO)[C@@H](O)[C@H](O)C2O)C1O[C@@H]1OC(CO)[C@@H](O)[C@H](O)C1O. The van der Waals surface area contributed by atoms with E-state index >= 15 is 0 Å². The fourth-order valence-corrected chi connectivity index (χ4v) is 11.3. The van der Waals surface area contributed by atoms with Crippen molar-refractivity contribution in [1.82, 2.24) is 0 Å². The third-order valence-electron chi connectivity index (χ3n) is 17.0. The molecule has 0 aromatic heterocycles. The van der Waals surface area contributed by atoms with Gasteiger partial charge in [0.1, 0.15) is 122 Å². The second kappa shape index (κ2) is 40.9. The van der Waals surface area contributed by atoms with E-state index in [0.717, 1.165) is 116 Å². The van der Waals surface area contributed by atoms with E-state index in [2.05, 4.69) is 20.8 Å². The van der Waals surface area contributed by atoms with E-state index in [1.165, 1.54) is 0 Å². The first-order chi connectivity index (χ1) is 42.3. The van der Waals surface area contributed by atoms with Crippen molar-refractivity contribution in [2.45, 2.75) is 290 Å². The Labute approximate surface area is 516 Å². The summed E-state index contributed by atoms with van der Waals surface area (Å²) in [5.41, 5.74) is -1.18. The van der Waals surface area contributed by atoms with Crippen LogP contribution in [0.25, 0.3) is 0 Å². The summed E-state index contributed by atoms with van der Waals surface area (Å²) >= 11 is 0. The number of hydrogen-bond donors (Lipinski definition) is 16. The minimum Gasteiger partial charge on any atom is -0.394 e. The highest BCUT2D eigenvalue weighted by atomic mass is 16.8. The van der Waals surface area contributed by atoms with Gasteiger partial charge in [0.05, 0.1) is 64.9 Å².